The van der Waals surface area contributed by atoms with Crippen LogP contribution < -0.4 is 0 Å². The Labute approximate surface area is 304 Å². The molecule has 0 spiro atoms. The predicted molar refractivity (Wildman–Crippen MR) is 212 cm³/mol. The number of para-hydroxylation sites is 4. The lowest BCUT2D eigenvalue weighted by molar-refractivity contribution is 0.636. The van der Waals surface area contributed by atoms with Crippen LogP contribution in [0.4, 0.5) is 4.39 Å². The van der Waals surface area contributed by atoms with Gasteiger partial charge in [-0.3, -0.25) is 4.39 Å². The third kappa shape index (κ3) is 6.82. The van der Waals surface area contributed by atoms with E-state index in [4.69, 9.17) is 1.37 Å². The van der Waals surface area contributed by atoms with Gasteiger partial charge in [0.15, 0.2) is 0 Å². The molecule has 250 valence electrons. The summed E-state index contributed by atoms with van der Waals surface area (Å²) in [6.07, 6.45) is 10.7. The van der Waals surface area contributed by atoms with Crippen molar-refractivity contribution < 1.29 is 5.76 Å². The zero-order valence-corrected chi connectivity index (χ0v) is 29.1. The van der Waals surface area contributed by atoms with Crippen LogP contribution in [-0.4, -0.2) is 35.8 Å². The maximum absolute atomic E-state index is 9.96. The van der Waals surface area contributed by atoms with Gasteiger partial charge in [0, 0.05) is 67.9 Å². The van der Waals surface area contributed by atoms with Crippen LogP contribution >= 0.6 is 15.9 Å². The van der Waals surface area contributed by atoms with E-state index in [0.29, 0.717) is 0 Å². The molecule has 0 saturated heterocycles. The average molecular weight is 735 g/mol. The van der Waals surface area contributed by atoms with Crippen molar-refractivity contribution in [1.29, 1.82) is 0 Å². The summed E-state index contributed by atoms with van der Waals surface area (Å²) in [4.78, 5) is 10.6. The molecule has 0 radical (unpaired) electrons. The molecule has 6 nitrogen and oxygen atoms in total. The van der Waals surface area contributed by atoms with Gasteiger partial charge in [-0.25, -0.2) is 9.97 Å². The monoisotopic (exact) mass is 733 g/mol. The summed E-state index contributed by atoms with van der Waals surface area (Å²) in [7, 11) is -1.00. The molecule has 1 N–H and O–H groups in total. The number of aromatic nitrogens is 6. The number of hydrogen-bond acceptors (Lipinski definition) is 2. The number of benzene rings is 6. The second-order valence-corrected chi connectivity index (χ2v) is 12.4. The fraction of sp³-hybridized carbons (Fsp3) is 0.0233. The summed E-state index contributed by atoms with van der Waals surface area (Å²) in [5.41, 5.74) is 8.41. The van der Waals surface area contributed by atoms with Gasteiger partial charge in [-0.15, -0.1) is 0 Å². The molecule has 51 heavy (non-hydrogen) atoms. The first-order valence-electron chi connectivity index (χ1n) is 17.0. The van der Waals surface area contributed by atoms with E-state index < -0.39 is 7.15 Å². The standard InChI is InChI=1S/C21H15N3.C18H12BrN.C3H4N2.CH3F/c1-2-6-16(7-3-1)24-20-9-5-4-8-18(20)19-14-17(10-11-21(19)24)23-13-12-22-15-23;19-13-10-11-18-16(12-13)15-8-4-5-9-17(15)20(18)14-6-2-1-3-7-14;1-2-5-3-4-1;1-2/h1-15H;1-12H;1-3H,(H,4,5);1H3/i;;;1D. The van der Waals surface area contributed by atoms with Crippen molar-refractivity contribution in [3.63, 3.8) is 0 Å². The molecule has 10 aromatic rings. The maximum atomic E-state index is 9.96. The van der Waals surface area contributed by atoms with Crippen molar-refractivity contribution in [2.45, 2.75) is 0 Å². The molecule has 4 heterocycles. The van der Waals surface area contributed by atoms with Gasteiger partial charge >= 0.3 is 0 Å². The van der Waals surface area contributed by atoms with E-state index in [0.717, 1.165) is 10.2 Å². The first-order valence-corrected chi connectivity index (χ1v) is 17.1. The minimum atomic E-state index is -1.00. The SMILES string of the molecule is Brc1ccc2c(c1)c1ccccc1n2-c1ccccc1.[2H]CF.c1c[nH]cn1.c1ccc(-n2c3ccccc3c3cc(-n4ccnc4)ccc32)cc1. The topological polar surface area (TPSA) is 56.4 Å². The van der Waals surface area contributed by atoms with Crippen LogP contribution in [0.2, 0.25) is 0 Å². The Morgan fingerprint density at radius 3 is 1.61 bits per heavy atom. The highest BCUT2D eigenvalue weighted by Gasteiger charge is 2.13. The normalized spacial score (nSPS) is 10.9. The van der Waals surface area contributed by atoms with Crippen molar-refractivity contribution in [3.05, 3.63) is 188 Å². The Balaban J connectivity index is 0.000000135. The van der Waals surface area contributed by atoms with Crippen molar-refractivity contribution in [1.82, 2.24) is 28.7 Å². The van der Waals surface area contributed by atoms with Crippen molar-refractivity contribution in [2.75, 3.05) is 7.15 Å². The highest BCUT2D eigenvalue weighted by molar-refractivity contribution is 9.10. The molecule has 4 aromatic heterocycles. The Bertz CT molecular complexity index is 2620. The largest absolute Gasteiger partial charge is 0.351 e. The number of nitrogens with zero attached hydrogens (tertiary/aromatic N) is 5. The molecule has 6 aromatic carbocycles. The number of fused-ring (bicyclic) bond motifs is 6. The molecule has 0 amide bonds. The highest BCUT2D eigenvalue weighted by atomic mass is 79.9. The zero-order chi connectivity index (χ0) is 35.7. The van der Waals surface area contributed by atoms with Crippen LogP contribution in [0.1, 0.15) is 1.37 Å². The molecular weight excluding hydrogens is 699 g/mol. The van der Waals surface area contributed by atoms with Gasteiger partial charge in [0.25, 0.3) is 0 Å². The second kappa shape index (κ2) is 15.5. The van der Waals surface area contributed by atoms with Crippen LogP contribution in [-0.2, 0) is 0 Å². The van der Waals surface area contributed by atoms with E-state index in [9.17, 15) is 4.39 Å². The van der Waals surface area contributed by atoms with Gasteiger partial charge in [-0.2, -0.15) is 0 Å². The number of halogens is 2. The van der Waals surface area contributed by atoms with Crippen LogP contribution in [0.5, 0.6) is 0 Å². The first kappa shape index (κ1) is 32.0. The number of H-pyrrole nitrogens is 1. The Morgan fingerprint density at radius 2 is 1.10 bits per heavy atom. The summed E-state index contributed by atoms with van der Waals surface area (Å²) < 4.78 is 23.3. The lowest BCUT2D eigenvalue weighted by atomic mass is 10.1. The fourth-order valence-corrected chi connectivity index (χ4v) is 6.77. The number of aromatic amines is 1. The Hall–Kier alpha value is -6.25. The summed E-state index contributed by atoms with van der Waals surface area (Å²) in [6, 6.07) is 51.1. The van der Waals surface area contributed by atoms with E-state index in [1.54, 1.807) is 24.9 Å². The fourth-order valence-electron chi connectivity index (χ4n) is 6.40. The molecule has 0 aliphatic heterocycles. The molecule has 0 bridgehead atoms. The van der Waals surface area contributed by atoms with E-state index in [1.807, 2.05) is 23.2 Å². The Morgan fingerprint density at radius 1 is 0.569 bits per heavy atom. The molecule has 0 unspecified atom stereocenters. The number of nitrogens with one attached hydrogen (secondary N) is 1. The van der Waals surface area contributed by atoms with Crippen LogP contribution in [0.25, 0.3) is 60.7 Å². The third-order valence-corrected chi connectivity index (χ3v) is 9.02. The minimum absolute atomic E-state index is 1.00. The minimum Gasteiger partial charge on any atom is -0.351 e. The van der Waals surface area contributed by atoms with E-state index in [2.05, 4.69) is 180 Å². The van der Waals surface area contributed by atoms with E-state index in [-0.39, 0.29) is 0 Å². The molecule has 0 aliphatic carbocycles. The smallest absolute Gasteiger partial charge is 0.0991 e. The molecule has 10 rings (SSSR count). The summed E-state index contributed by atoms with van der Waals surface area (Å²) in [6.45, 7) is 0. The maximum Gasteiger partial charge on any atom is 0.0991 e. The number of hydrogen-bond donors (Lipinski definition) is 1. The highest BCUT2D eigenvalue weighted by Crippen LogP contribution is 2.34. The lowest BCUT2D eigenvalue weighted by Crippen LogP contribution is -1.93. The van der Waals surface area contributed by atoms with E-state index >= 15 is 0 Å². The number of imidazole rings is 2. The van der Waals surface area contributed by atoms with Gasteiger partial charge in [0.1, 0.15) is 0 Å². The van der Waals surface area contributed by atoms with Crippen molar-refractivity contribution >= 4 is 59.5 Å². The molecule has 0 atom stereocenters. The summed E-state index contributed by atoms with van der Waals surface area (Å²) >= 11 is 3.57. The van der Waals surface area contributed by atoms with Crippen LogP contribution in [0.15, 0.2) is 188 Å². The van der Waals surface area contributed by atoms with Crippen molar-refractivity contribution in [3.8, 4) is 17.1 Å². The van der Waals surface area contributed by atoms with Gasteiger partial charge in [0.2, 0.25) is 0 Å². The molecule has 0 fully saturated rings. The van der Waals surface area contributed by atoms with Crippen LogP contribution in [0.3, 0.4) is 0 Å². The number of rotatable bonds is 3. The summed E-state index contributed by atoms with van der Waals surface area (Å²) in [5, 5.41) is 5.07. The van der Waals surface area contributed by atoms with Gasteiger partial charge in [-0.1, -0.05) is 88.7 Å². The van der Waals surface area contributed by atoms with Gasteiger partial charge < -0.3 is 18.7 Å². The zero-order valence-electron chi connectivity index (χ0n) is 28.5. The molecule has 0 saturated carbocycles. The van der Waals surface area contributed by atoms with Crippen LogP contribution in [0, 0.1) is 0 Å². The second-order valence-electron chi connectivity index (χ2n) is 11.5. The molecule has 8 heteroatoms. The quantitative estimate of drug-likeness (QED) is 0.196. The number of alkyl halides is 1. The average Bonchev–Trinajstić information content (AvgIpc) is 4.03. The molecular formula is C43H34BrFN6. The molecule has 0 aliphatic rings. The third-order valence-electron chi connectivity index (χ3n) is 8.53. The predicted octanol–water partition coefficient (Wildman–Crippen LogP) is 11.5. The van der Waals surface area contributed by atoms with Gasteiger partial charge in [-0.05, 0) is 72.8 Å². The van der Waals surface area contributed by atoms with E-state index in [1.165, 1.54) is 55.0 Å². The summed E-state index contributed by atoms with van der Waals surface area (Å²) in [5.74, 6) is 0. The van der Waals surface area contributed by atoms with Crippen molar-refractivity contribution in [2.24, 2.45) is 0 Å². The Kier molecular flexibility index (Phi) is 9.74. The first-order chi connectivity index (χ1) is 25.7. The lowest BCUT2D eigenvalue weighted by Gasteiger charge is -2.08. The van der Waals surface area contributed by atoms with Gasteiger partial charge in [0.05, 0.1) is 43.2 Å².